The summed E-state index contributed by atoms with van der Waals surface area (Å²) in [4.78, 5) is 2.39. The molecule has 9 aromatic carbocycles. The van der Waals surface area contributed by atoms with Gasteiger partial charge in [0.15, 0.2) is 0 Å². The van der Waals surface area contributed by atoms with Gasteiger partial charge in [-0.15, -0.1) is 11.3 Å². The Kier molecular flexibility index (Phi) is 7.41. The highest BCUT2D eigenvalue weighted by atomic mass is 32.1. The van der Waals surface area contributed by atoms with Gasteiger partial charge in [0, 0.05) is 36.9 Å². The maximum absolute atomic E-state index is 2.39. The number of benzene rings is 9. The molecule has 0 aliphatic heterocycles. The van der Waals surface area contributed by atoms with Crippen LogP contribution in [0.25, 0.3) is 75.1 Å². The second-order valence-electron chi connectivity index (χ2n) is 13.3. The third kappa shape index (κ3) is 5.33. The van der Waals surface area contributed by atoms with Gasteiger partial charge < -0.3 is 4.90 Å². The Morgan fingerprint density at radius 3 is 1.58 bits per heavy atom. The van der Waals surface area contributed by atoms with Crippen LogP contribution in [0.5, 0.6) is 0 Å². The fourth-order valence-corrected chi connectivity index (χ4v) is 8.77. The van der Waals surface area contributed by atoms with Crippen molar-refractivity contribution >= 4 is 70.1 Å². The van der Waals surface area contributed by atoms with E-state index in [0.717, 1.165) is 17.1 Å². The number of hydrogen-bond donors (Lipinski definition) is 0. The smallest absolute Gasteiger partial charge is 0.0540 e. The van der Waals surface area contributed by atoms with Crippen LogP contribution in [-0.4, -0.2) is 0 Å². The minimum Gasteiger partial charge on any atom is -0.310 e. The van der Waals surface area contributed by atoms with Gasteiger partial charge in [-0.3, -0.25) is 0 Å². The summed E-state index contributed by atoms with van der Waals surface area (Å²) in [5.41, 5.74) is 10.7. The van der Waals surface area contributed by atoms with Crippen molar-refractivity contribution in [3.8, 4) is 33.4 Å². The van der Waals surface area contributed by atoms with Crippen molar-refractivity contribution in [2.24, 2.45) is 0 Å². The molecule has 0 unspecified atom stereocenters. The zero-order valence-electron chi connectivity index (χ0n) is 28.4. The van der Waals surface area contributed by atoms with Crippen LogP contribution in [0.1, 0.15) is 0 Å². The summed E-state index contributed by atoms with van der Waals surface area (Å²) in [6, 6.07) is 72.9. The summed E-state index contributed by atoms with van der Waals surface area (Å²) < 4.78 is 2.66. The van der Waals surface area contributed by atoms with Crippen molar-refractivity contribution in [2.75, 3.05) is 4.90 Å². The minimum atomic E-state index is 1.12. The van der Waals surface area contributed by atoms with Crippen molar-refractivity contribution in [1.82, 2.24) is 0 Å². The van der Waals surface area contributed by atoms with Crippen LogP contribution in [-0.2, 0) is 0 Å². The van der Waals surface area contributed by atoms with E-state index in [1.165, 1.54) is 75.1 Å². The van der Waals surface area contributed by atoms with Crippen LogP contribution in [0.2, 0.25) is 0 Å². The van der Waals surface area contributed by atoms with Crippen molar-refractivity contribution in [3.63, 3.8) is 0 Å². The summed E-state index contributed by atoms with van der Waals surface area (Å²) in [7, 11) is 0. The third-order valence-corrected chi connectivity index (χ3v) is 11.4. The second kappa shape index (κ2) is 12.7. The lowest BCUT2D eigenvalue weighted by Gasteiger charge is -2.27. The molecule has 0 saturated carbocycles. The van der Waals surface area contributed by atoms with E-state index in [1.807, 2.05) is 11.3 Å². The molecule has 1 aromatic heterocycles. The van der Waals surface area contributed by atoms with Gasteiger partial charge in [0.25, 0.3) is 0 Å². The maximum Gasteiger partial charge on any atom is 0.0540 e. The van der Waals surface area contributed by atoms with Gasteiger partial charge in [0.2, 0.25) is 0 Å². The van der Waals surface area contributed by atoms with Crippen LogP contribution in [0.4, 0.5) is 17.1 Å². The highest BCUT2D eigenvalue weighted by Gasteiger charge is 2.16. The second-order valence-corrected chi connectivity index (χ2v) is 14.4. The lowest BCUT2D eigenvalue weighted by molar-refractivity contribution is 1.30. The highest BCUT2D eigenvalue weighted by Crippen LogP contribution is 2.41. The lowest BCUT2D eigenvalue weighted by Crippen LogP contribution is -2.10. The molecular weight excluding hydrogens is 647 g/mol. The monoisotopic (exact) mass is 679 g/mol. The Hall–Kier alpha value is -6.48. The summed E-state index contributed by atoms with van der Waals surface area (Å²) in [5.74, 6) is 0. The summed E-state index contributed by atoms with van der Waals surface area (Å²) >= 11 is 1.86. The van der Waals surface area contributed by atoms with Crippen LogP contribution in [0.15, 0.2) is 200 Å². The van der Waals surface area contributed by atoms with Gasteiger partial charge >= 0.3 is 0 Å². The normalized spacial score (nSPS) is 11.5. The molecular formula is C50H33NS. The summed E-state index contributed by atoms with van der Waals surface area (Å²) in [5, 5.41) is 7.62. The fourth-order valence-electron chi connectivity index (χ4n) is 7.69. The zero-order chi connectivity index (χ0) is 34.4. The molecule has 52 heavy (non-hydrogen) atoms. The van der Waals surface area contributed by atoms with Crippen molar-refractivity contribution in [1.29, 1.82) is 0 Å². The van der Waals surface area contributed by atoms with Gasteiger partial charge in [0.1, 0.15) is 0 Å². The Bertz CT molecular complexity index is 2890. The standard InChI is InChI=1S/C50H33NS/c1-3-16-43-36(10-1)12-8-19-44(43)40-15-7-14-38(32-40)34-22-27-41(28-23-34)51(48-20-9-13-37-11-2-4-17-45(37)48)42-29-24-35(25-30-42)39-26-31-50-47(33-39)46-18-5-6-21-49(46)52-50/h1-33H. The molecule has 10 aromatic rings. The molecule has 1 heterocycles. The van der Waals surface area contributed by atoms with Crippen LogP contribution in [0, 0.1) is 0 Å². The van der Waals surface area contributed by atoms with Gasteiger partial charge in [-0.1, -0.05) is 146 Å². The molecule has 0 radical (unpaired) electrons. The Balaban J connectivity index is 1.04. The van der Waals surface area contributed by atoms with Gasteiger partial charge in [0.05, 0.1) is 5.69 Å². The molecule has 0 spiro atoms. The average Bonchev–Trinajstić information content (AvgIpc) is 3.59. The summed E-state index contributed by atoms with van der Waals surface area (Å²) in [6.07, 6.45) is 0. The van der Waals surface area contributed by atoms with E-state index in [1.54, 1.807) is 0 Å². The number of nitrogens with zero attached hydrogens (tertiary/aromatic N) is 1. The first-order valence-corrected chi connectivity index (χ1v) is 18.6. The largest absolute Gasteiger partial charge is 0.310 e. The van der Waals surface area contributed by atoms with Gasteiger partial charge in [-0.25, -0.2) is 0 Å². The quantitative estimate of drug-likeness (QED) is 0.169. The van der Waals surface area contributed by atoms with Gasteiger partial charge in [-0.05, 0) is 104 Å². The van der Waals surface area contributed by atoms with E-state index < -0.39 is 0 Å². The summed E-state index contributed by atoms with van der Waals surface area (Å²) in [6.45, 7) is 0. The molecule has 0 saturated heterocycles. The van der Waals surface area contributed by atoms with E-state index in [-0.39, 0.29) is 0 Å². The molecule has 0 amide bonds. The number of hydrogen-bond acceptors (Lipinski definition) is 2. The first-order chi connectivity index (χ1) is 25.8. The van der Waals surface area contributed by atoms with Crippen molar-refractivity contribution in [3.05, 3.63) is 200 Å². The van der Waals surface area contributed by atoms with Crippen LogP contribution >= 0.6 is 11.3 Å². The number of fused-ring (bicyclic) bond motifs is 5. The van der Waals surface area contributed by atoms with E-state index in [0.29, 0.717) is 0 Å². The first kappa shape index (κ1) is 30.4. The number of thiophene rings is 1. The van der Waals surface area contributed by atoms with E-state index in [9.17, 15) is 0 Å². The van der Waals surface area contributed by atoms with Crippen LogP contribution in [0.3, 0.4) is 0 Å². The zero-order valence-corrected chi connectivity index (χ0v) is 29.2. The van der Waals surface area contributed by atoms with E-state index in [2.05, 4.69) is 205 Å². The lowest BCUT2D eigenvalue weighted by atomic mass is 9.95. The SMILES string of the molecule is c1cc(-c2ccc(N(c3ccc(-c4ccc5sc6ccccc6c5c4)cc3)c3cccc4ccccc34)cc2)cc(-c2cccc3ccccc23)c1. The molecule has 0 aliphatic rings. The highest BCUT2D eigenvalue weighted by molar-refractivity contribution is 7.25. The third-order valence-electron chi connectivity index (χ3n) is 10.3. The van der Waals surface area contributed by atoms with Crippen molar-refractivity contribution in [2.45, 2.75) is 0 Å². The Morgan fingerprint density at radius 1 is 0.308 bits per heavy atom. The predicted molar refractivity (Wildman–Crippen MR) is 225 cm³/mol. The topological polar surface area (TPSA) is 3.24 Å². The molecule has 0 N–H and O–H groups in total. The van der Waals surface area contributed by atoms with Gasteiger partial charge in [-0.2, -0.15) is 0 Å². The molecule has 0 fully saturated rings. The number of anilines is 3. The number of rotatable bonds is 6. The molecule has 0 atom stereocenters. The molecule has 244 valence electrons. The Labute approximate surface area is 307 Å². The van der Waals surface area contributed by atoms with E-state index >= 15 is 0 Å². The molecule has 2 heteroatoms. The minimum absolute atomic E-state index is 1.12. The first-order valence-electron chi connectivity index (χ1n) is 17.8. The molecule has 1 nitrogen and oxygen atoms in total. The van der Waals surface area contributed by atoms with Crippen molar-refractivity contribution < 1.29 is 0 Å². The molecule has 10 rings (SSSR count). The van der Waals surface area contributed by atoms with Crippen LogP contribution < -0.4 is 4.90 Å². The predicted octanol–water partition coefficient (Wildman–Crippen LogP) is 14.8. The Morgan fingerprint density at radius 2 is 0.827 bits per heavy atom. The molecule has 0 bridgehead atoms. The average molecular weight is 680 g/mol. The fraction of sp³-hybridized carbons (Fsp3) is 0. The van der Waals surface area contributed by atoms with E-state index in [4.69, 9.17) is 0 Å². The maximum atomic E-state index is 2.39. The molecule has 0 aliphatic carbocycles.